The van der Waals surface area contributed by atoms with Gasteiger partial charge in [-0.1, -0.05) is 36.4 Å². The van der Waals surface area contributed by atoms with Crippen LogP contribution in [0.4, 0.5) is 0 Å². The van der Waals surface area contributed by atoms with Gasteiger partial charge in [0, 0.05) is 6.42 Å². The van der Waals surface area contributed by atoms with Crippen molar-refractivity contribution in [3.63, 3.8) is 0 Å². The van der Waals surface area contributed by atoms with Crippen LogP contribution in [0.1, 0.15) is 24.0 Å². The van der Waals surface area contributed by atoms with E-state index >= 15 is 0 Å². The van der Waals surface area contributed by atoms with Crippen LogP contribution in [0.25, 0.3) is 0 Å². The molecule has 228 valence electrons. The summed E-state index contributed by atoms with van der Waals surface area (Å²) in [7, 11) is -7.98. The lowest BCUT2D eigenvalue weighted by Gasteiger charge is -2.20. The highest BCUT2D eigenvalue weighted by Gasteiger charge is 2.29. The number of hydrogen-bond donors (Lipinski definition) is 1. The van der Waals surface area contributed by atoms with E-state index in [1.165, 1.54) is 48.5 Å². The molecular weight excluding hydrogens is 601 g/mol. The molecule has 0 aliphatic carbocycles. The Bertz CT molecular complexity index is 1890. The molecule has 8 nitrogen and oxygen atoms in total. The van der Waals surface area contributed by atoms with Gasteiger partial charge in [0.2, 0.25) is 19.7 Å². The number of rotatable bonds is 12. The van der Waals surface area contributed by atoms with E-state index in [1.54, 1.807) is 48.6 Å². The van der Waals surface area contributed by atoms with Crippen LogP contribution in [0, 0.1) is 0 Å². The predicted molar refractivity (Wildman–Crippen MR) is 166 cm³/mol. The second-order valence-electron chi connectivity index (χ2n) is 10.1. The molecule has 0 spiro atoms. The largest absolute Gasteiger partial charge is 0.508 e. The van der Waals surface area contributed by atoms with E-state index in [9.17, 15) is 21.9 Å². The molecule has 1 unspecified atom stereocenters. The molecule has 0 saturated carbocycles. The van der Waals surface area contributed by atoms with Crippen LogP contribution >= 0.6 is 0 Å². The number of para-hydroxylation sites is 1. The van der Waals surface area contributed by atoms with E-state index in [0.29, 0.717) is 30.6 Å². The fraction of sp³-hybridized carbons (Fsp3) is 0.176. The molecular formula is C34H32O8S2. The molecule has 0 aromatic heterocycles. The number of ether oxygens (including phenoxy) is 3. The van der Waals surface area contributed by atoms with Gasteiger partial charge in [-0.2, -0.15) is 0 Å². The summed E-state index contributed by atoms with van der Waals surface area (Å²) in [6.07, 6.45) is 4.38. The fourth-order valence-electron chi connectivity index (χ4n) is 4.90. The molecule has 1 aliphatic heterocycles. The van der Waals surface area contributed by atoms with E-state index < -0.39 is 26.0 Å². The zero-order chi connectivity index (χ0) is 31.3. The molecule has 5 rings (SSSR count). The second kappa shape index (κ2) is 13.1. The average Bonchev–Trinajstić information content (AvgIpc) is 3.53. The third-order valence-corrected chi connectivity index (χ3v) is 10.7. The molecule has 44 heavy (non-hydrogen) atoms. The topological polar surface area (TPSA) is 116 Å². The van der Waals surface area contributed by atoms with Crippen LogP contribution < -0.4 is 9.47 Å². The number of allylic oxidation sites excluding steroid dienone is 2. The molecule has 0 amide bonds. The quantitative estimate of drug-likeness (QED) is 0.169. The smallest absolute Gasteiger partial charge is 0.210 e. The van der Waals surface area contributed by atoms with Gasteiger partial charge in [0.1, 0.15) is 16.4 Å². The monoisotopic (exact) mass is 632 g/mol. The molecule has 1 atom stereocenters. The summed E-state index contributed by atoms with van der Waals surface area (Å²) in [5.41, 5.74) is 0.862. The highest BCUT2D eigenvalue weighted by atomic mass is 32.2. The van der Waals surface area contributed by atoms with Crippen LogP contribution in [0.3, 0.4) is 0 Å². The first-order valence-corrected chi connectivity index (χ1v) is 16.9. The lowest BCUT2D eigenvalue weighted by molar-refractivity contribution is -0.0418. The zero-order valence-corrected chi connectivity index (χ0v) is 25.5. The molecule has 4 aromatic rings. The van der Waals surface area contributed by atoms with Crippen molar-refractivity contribution >= 4 is 19.7 Å². The summed E-state index contributed by atoms with van der Waals surface area (Å²) in [6, 6.07) is 21.3. The van der Waals surface area contributed by atoms with Crippen LogP contribution in [0.2, 0.25) is 0 Å². The Balaban J connectivity index is 1.56. The van der Waals surface area contributed by atoms with Crippen LogP contribution in [0.5, 0.6) is 23.0 Å². The molecule has 1 aliphatic rings. The Labute approximate surface area is 257 Å². The summed E-state index contributed by atoms with van der Waals surface area (Å²) in [6.45, 7) is 7.93. The Hall–Kier alpha value is -4.38. The van der Waals surface area contributed by atoms with Crippen molar-refractivity contribution < 1.29 is 36.2 Å². The summed E-state index contributed by atoms with van der Waals surface area (Å²) < 4.78 is 72.7. The van der Waals surface area contributed by atoms with E-state index in [4.69, 9.17) is 14.2 Å². The molecule has 1 saturated heterocycles. The first-order chi connectivity index (χ1) is 21.1. The van der Waals surface area contributed by atoms with Crippen molar-refractivity contribution in [1.29, 1.82) is 0 Å². The number of sulfone groups is 2. The molecule has 1 N–H and O–H groups in total. The minimum absolute atomic E-state index is 0.00376. The van der Waals surface area contributed by atoms with E-state index in [-0.39, 0.29) is 49.0 Å². The van der Waals surface area contributed by atoms with Crippen LogP contribution in [-0.2, 0) is 37.3 Å². The van der Waals surface area contributed by atoms with Gasteiger partial charge >= 0.3 is 0 Å². The maximum Gasteiger partial charge on any atom is 0.210 e. The first-order valence-electron chi connectivity index (χ1n) is 14.0. The van der Waals surface area contributed by atoms with Gasteiger partial charge in [0.15, 0.2) is 17.8 Å². The van der Waals surface area contributed by atoms with Gasteiger partial charge in [0.25, 0.3) is 0 Å². The minimum Gasteiger partial charge on any atom is -0.508 e. The van der Waals surface area contributed by atoms with E-state index in [1.807, 2.05) is 0 Å². The maximum atomic E-state index is 13.7. The third kappa shape index (κ3) is 6.42. The predicted octanol–water partition coefficient (Wildman–Crippen LogP) is 6.82. The Kier molecular flexibility index (Phi) is 9.24. The van der Waals surface area contributed by atoms with E-state index in [2.05, 4.69) is 13.2 Å². The van der Waals surface area contributed by atoms with Crippen molar-refractivity contribution in [3.8, 4) is 23.0 Å². The normalized spacial score (nSPS) is 15.0. The molecule has 0 radical (unpaired) electrons. The van der Waals surface area contributed by atoms with Gasteiger partial charge < -0.3 is 19.3 Å². The van der Waals surface area contributed by atoms with Gasteiger partial charge in [-0.25, -0.2) is 16.8 Å². The summed E-state index contributed by atoms with van der Waals surface area (Å²) in [5.74, 6) is 0.385. The fourth-order valence-corrected chi connectivity index (χ4v) is 7.85. The van der Waals surface area contributed by atoms with Crippen molar-refractivity contribution in [3.05, 3.63) is 121 Å². The Morgan fingerprint density at radius 2 is 1.52 bits per heavy atom. The molecule has 10 heteroatoms. The maximum absolute atomic E-state index is 13.7. The number of phenols is 1. The standard InChI is InChI=1S/C34H32O8S2/c1-3-10-24-23-28(18-19-29(24)35)44(38,39)31-20-17-26(22-25(31)11-4-2)41-30-14-8-15-32(34(30)42-33-16-9-21-40-33)43(36,37)27-12-6-5-7-13-27/h3-8,12-15,17-20,22-23,33,35H,1-2,9-11,16,21H2. The first kappa shape index (κ1) is 31.1. The Morgan fingerprint density at radius 1 is 0.795 bits per heavy atom. The Morgan fingerprint density at radius 3 is 2.23 bits per heavy atom. The number of benzene rings is 4. The van der Waals surface area contributed by atoms with Crippen molar-refractivity contribution in [2.75, 3.05) is 6.61 Å². The summed E-state index contributed by atoms with van der Waals surface area (Å²) >= 11 is 0. The van der Waals surface area contributed by atoms with Crippen molar-refractivity contribution in [2.45, 2.75) is 51.6 Å². The highest BCUT2D eigenvalue weighted by molar-refractivity contribution is 7.92. The molecule has 4 aromatic carbocycles. The summed E-state index contributed by atoms with van der Waals surface area (Å²) in [5, 5.41) is 10.1. The highest BCUT2D eigenvalue weighted by Crippen LogP contribution is 2.41. The van der Waals surface area contributed by atoms with Gasteiger partial charge in [-0.05, 0) is 91.1 Å². The average molecular weight is 633 g/mol. The van der Waals surface area contributed by atoms with Crippen molar-refractivity contribution in [2.24, 2.45) is 0 Å². The number of aromatic hydroxyl groups is 1. The zero-order valence-electron chi connectivity index (χ0n) is 23.9. The third-order valence-electron chi connectivity index (χ3n) is 7.06. The second-order valence-corrected chi connectivity index (χ2v) is 13.9. The number of hydrogen-bond acceptors (Lipinski definition) is 8. The van der Waals surface area contributed by atoms with Crippen molar-refractivity contribution in [1.82, 2.24) is 0 Å². The molecule has 1 heterocycles. The lowest BCUT2D eigenvalue weighted by atomic mass is 10.1. The van der Waals surface area contributed by atoms with Crippen LogP contribution in [-0.4, -0.2) is 34.8 Å². The van der Waals surface area contributed by atoms with Gasteiger partial charge in [-0.3, -0.25) is 0 Å². The molecule has 1 fully saturated rings. The van der Waals surface area contributed by atoms with E-state index in [0.717, 1.165) is 6.42 Å². The van der Waals surface area contributed by atoms with Gasteiger partial charge in [0.05, 0.1) is 21.3 Å². The molecule has 0 bridgehead atoms. The van der Waals surface area contributed by atoms with Gasteiger partial charge in [-0.15, -0.1) is 13.2 Å². The summed E-state index contributed by atoms with van der Waals surface area (Å²) in [4.78, 5) is 0.0981. The SMILES string of the molecule is C=CCc1cc(S(=O)(=O)c2ccc(Oc3cccc(S(=O)(=O)c4ccccc4)c3OC3CCCO3)cc2CC=C)ccc1O. The van der Waals surface area contributed by atoms with Crippen LogP contribution in [0.15, 0.2) is 130 Å². The minimum atomic E-state index is -3.99. The lowest BCUT2D eigenvalue weighted by Crippen LogP contribution is -2.17. The number of phenolic OH excluding ortho intramolecular Hbond substituents is 1.